The van der Waals surface area contributed by atoms with E-state index >= 15 is 4.39 Å². The number of halogens is 5. The number of likely N-dealkylation sites (tertiary alicyclic amines) is 1. The van der Waals surface area contributed by atoms with Gasteiger partial charge in [0.25, 0.3) is 0 Å². The maximum atomic E-state index is 16.7. The van der Waals surface area contributed by atoms with Crippen molar-refractivity contribution in [1.29, 1.82) is 0 Å². The zero-order valence-corrected chi connectivity index (χ0v) is 27.6. The lowest BCUT2D eigenvalue weighted by molar-refractivity contribution is -0.137. The number of hydrogen-bond acceptors (Lipinski definition) is 10. The number of fused-ring (bicyclic) bond motifs is 1. The zero-order valence-electron chi connectivity index (χ0n) is 26.8. The molecule has 2 fully saturated rings. The summed E-state index contributed by atoms with van der Waals surface area (Å²) in [6.07, 6.45) is 0.708. The third kappa shape index (κ3) is 6.30. The van der Waals surface area contributed by atoms with Gasteiger partial charge in [0.05, 0.1) is 21.8 Å². The van der Waals surface area contributed by atoms with E-state index < -0.39 is 28.8 Å². The van der Waals surface area contributed by atoms with Gasteiger partial charge in [0.2, 0.25) is 0 Å². The van der Waals surface area contributed by atoms with Gasteiger partial charge in [-0.2, -0.15) is 32.9 Å². The summed E-state index contributed by atoms with van der Waals surface area (Å²) in [5.74, 6) is -1.01. The quantitative estimate of drug-likeness (QED) is 0.262. The third-order valence-corrected chi connectivity index (χ3v) is 9.56. The monoisotopic (exact) mass is 690 g/mol. The second-order valence-electron chi connectivity index (χ2n) is 12.4. The molecule has 12 nitrogen and oxygen atoms in total. The molecule has 17 heteroatoms. The van der Waals surface area contributed by atoms with Crippen LogP contribution in [0, 0.1) is 12.7 Å². The van der Waals surface area contributed by atoms with Crippen LogP contribution >= 0.6 is 11.6 Å². The number of anilines is 2. The fraction of sp³-hybridized carbons (Fsp3) is 0.484. The van der Waals surface area contributed by atoms with Crippen molar-refractivity contribution in [3.63, 3.8) is 0 Å². The van der Waals surface area contributed by atoms with E-state index in [9.17, 15) is 18.0 Å². The number of carbonyl (C=O) groups is 1. The number of nitrogens with two attached hydrogens (primary N) is 1. The number of nitrogen functional groups attached to an aromatic ring is 1. The van der Waals surface area contributed by atoms with E-state index in [0.29, 0.717) is 25.2 Å². The zero-order chi connectivity index (χ0) is 34.5. The second kappa shape index (κ2) is 13.0. The molecule has 0 saturated carbocycles. The number of alkyl halides is 3. The number of benzene rings is 1. The minimum atomic E-state index is -4.87. The Hall–Kier alpha value is -4.31. The number of carbonyl (C=O) groups excluding carboxylic acids is 1. The molecule has 1 aromatic carbocycles. The molecule has 2 N–H and O–H groups in total. The fourth-order valence-electron chi connectivity index (χ4n) is 6.70. The number of hydrogen-bond donors (Lipinski definition) is 1. The lowest BCUT2D eigenvalue weighted by Gasteiger charge is -2.41. The lowest BCUT2D eigenvalue weighted by atomic mass is 9.96. The third-order valence-electron chi connectivity index (χ3n) is 9.26. The largest absolute Gasteiger partial charge is 0.462 e. The Labute approximate surface area is 278 Å². The van der Waals surface area contributed by atoms with Gasteiger partial charge in [-0.05, 0) is 70.8 Å². The number of piperidine rings is 1. The second-order valence-corrected chi connectivity index (χ2v) is 12.8. The Morgan fingerprint density at radius 2 is 1.96 bits per heavy atom. The fourth-order valence-corrected chi connectivity index (χ4v) is 6.98. The van der Waals surface area contributed by atoms with Crippen LogP contribution in [0.5, 0.6) is 6.01 Å². The molecule has 0 spiro atoms. The van der Waals surface area contributed by atoms with Crippen molar-refractivity contribution in [2.45, 2.75) is 63.8 Å². The molecular weight excluding hydrogens is 656 g/mol. The van der Waals surface area contributed by atoms with E-state index in [1.165, 1.54) is 25.6 Å². The van der Waals surface area contributed by atoms with Crippen LogP contribution in [0.25, 0.3) is 22.2 Å². The summed E-state index contributed by atoms with van der Waals surface area (Å²) in [4.78, 5) is 35.5. The molecule has 2 saturated heterocycles. The van der Waals surface area contributed by atoms with Crippen LogP contribution in [0.3, 0.4) is 0 Å². The van der Waals surface area contributed by atoms with Gasteiger partial charge in [0, 0.05) is 37.1 Å². The molecule has 1 amide bonds. The smallest absolute Gasteiger partial charge is 0.418 e. The molecule has 3 aromatic heterocycles. The van der Waals surface area contributed by atoms with Crippen LogP contribution in [0.1, 0.15) is 43.7 Å². The predicted octanol–water partition coefficient (Wildman–Crippen LogP) is 5.42. The number of pyridine rings is 1. The maximum absolute atomic E-state index is 16.7. The maximum Gasteiger partial charge on any atom is 0.418 e. The highest BCUT2D eigenvalue weighted by Crippen LogP contribution is 2.45. The first kappa shape index (κ1) is 33.6. The molecule has 2 unspecified atom stereocenters. The molecule has 4 aromatic rings. The van der Waals surface area contributed by atoms with Crippen molar-refractivity contribution in [2.24, 2.45) is 0 Å². The van der Waals surface area contributed by atoms with Gasteiger partial charge in [0.15, 0.2) is 5.82 Å². The summed E-state index contributed by atoms with van der Waals surface area (Å²) in [7, 11) is 3.68. The molecule has 0 aliphatic carbocycles. The van der Waals surface area contributed by atoms with E-state index in [-0.39, 0.29) is 64.1 Å². The van der Waals surface area contributed by atoms with Gasteiger partial charge in [-0.15, -0.1) is 0 Å². The van der Waals surface area contributed by atoms with Crippen molar-refractivity contribution < 1.29 is 27.1 Å². The Kier molecular flexibility index (Phi) is 9.06. The number of likely N-dealkylation sites (N-methyl/N-ethyl adjacent to an activating group) is 1. The number of amides is 1. The minimum Gasteiger partial charge on any atom is -0.462 e. The number of aryl methyl sites for hydroxylation is 1. The first-order valence-electron chi connectivity index (χ1n) is 15.5. The SMILES string of the molecule is Cc1cc(N)nc(-c2c(Cl)cc3c(N4CCC(N(C)C(=O)n5cncn5)C[C@@H]4C)nc(OCC4CCCN4C)nc3c2F)c1C(F)(F)F. The van der Waals surface area contributed by atoms with Gasteiger partial charge >= 0.3 is 18.2 Å². The van der Waals surface area contributed by atoms with Gasteiger partial charge < -0.3 is 25.2 Å². The van der Waals surface area contributed by atoms with Crippen molar-refractivity contribution in [1.82, 2.24) is 39.5 Å². The van der Waals surface area contributed by atoms with Crippen LogP contribution < -0.4 is 15.4 Å². The Morgan fingerprint density at radius 1 is 1.19 bits per heavy atom. The summed E-state index contributed by atoms with van der Waals surface area (Å²) in [6, 6.07) is 1.72. The van der Waals surface area contributed by atoms with Crippen LogP contribution in [0.4, 0.5) is 34.0 Å². The summed E-state index contributed by atoms with van der Waals surface area (Å²) in [6.45, 7) is 4.73. The summed E-state index contributed by atoms with van der Waals surface area (Å²) in [5, 5.41) is 3.81. The van der Waals surface area contributed by atoms with Crippen LogP contribution in [-0.2, 0) is 6.18 Å². The summed E-state index contributed by atoms with van der Waals surface area (Å²) in [5.41, 5.74) is 2.90. The van der Waals surface area contributed by atoms with E-state index in [1.807, 2.05) is 18.9 Å². The normalized spacial score (nSPS) is 20.4. The van der Waals surface area contributed by atoms with Crippen LogP contribution in [0.2, 0.25) is 5.02 Å². The predicted molar refractivity (Wildman–Crippen MR) is 171 cm³/mol. The van der Waals surface area contributed by atoms with Gasteiger partial charge in [-0.25, -0.2) is 19.2 Å². The molecule has 3 atom stereocenters. The first-order chi connectivity index (χ1) is 22.7. The molecule has 0 radical (unpaired) electrons. The first-order valence-corrected chi connectivity index (χ1v) is 15.9. The highest BCUT2D eigenvalue weighted by molar-refractivity contribution is 6.34. The van der Waals surface area contributed by atoms with Crippen molar-refractivity contribution in [3.8, 4) is 17.3 Å². The van der Waals surface area contributed by atoms with Crippen LogP contribution in [0.15, 0.2) is 24.8 Å². The Balaban J connectivity index is 1.43. The molecule has 5 heterocycles. The molecule has 2 aliphatic rings. The number of nitrogens with zero attached hydrogens (tertiary/aromatic N) is 9. The summed E-state index contributed by atoms with van der Waals surface area (Å²) < 4.78 is 66.7. The minimum absolute atomic E-state index is 0.0971. The molecule has 6 rings (SSSR count). The number of rotatable bonds is 6. The highest BCUT2D eigenvalue weighted by atomic mass is 35.5. The van der Waals surface area contributed by atoms with Gasteiger partial charge in [0.1, 0.15) is 36.4 Å². The number of ether oxygens (including phenoxy) is 1. The molecule has 0 bridgehead atoms. The van der Waals surface area contributed by atoms with Gasteiger partial charge in [-0.3, -0.25) is 0 Å². The summed E-state index contributed by atoms with van der Waals surface area (Å²) >= 11 is 6.61. The lowest BCUT2D eigenvalue weighted by Crippen LogP contribution is -2.50. The van der Waals surface area contributed by atoms with Crippen LogP contribution in [-0.4, -0.2) is 97.5 Å². The van der Waals surface area contributed by atoms with Crippen molar-refractivity contribution in [3.05, 3.63) is 46.8 Å². The topological polar surface area (TPSA) is 131 Å². The number of aromatic nitrogens is 6. The Morgan fingerprint density at radius 3 is 2.60 bits per heavy atom. The average Bonchev–Trinajstić information content (AvgIpc) is 3.70. The molecule has 2 aliphatic heterocycles. The van der Waals surface area contributed by atoms with Crippen molar-refractivity contribution >= 4 is 40.2 Å². The average molecular weight is 691 g/mol. The highest BCUT2D eigenvalue weighted by Gasteiger charge is 2.39. The Bertz CT molecular complexity index is 1840. The van der Waals surface area contributed by atoms with Crippen molar-refractivity contribution in [2.75, 3.05) is 44.4 Å². The van der Waals surface area contributed by atoms with E-state index in [2.05, 4.69) is 25.0 Å². The standard InChI is InChI=1S/C31H35ClF4N10O2/c1-16-10-22(37)40-27(24(16)31(34,35)36)23-21(32)12-20-26(25(23)33)41-29(48-13-19-6-5-8-43(19)3)42-28(20)45-9-7-18(11-17(45)2)44(4)30(47)46-15-38-14-39-46/h10,12,14-15,17-19H,5-9,11,13H2,1-4H3,(H2,37,40)/t17-,18?,19?/m0/s1. The van der Waals surface area contributed by atoms with E-state index in [0.717, 1.165) is 30.1 Å². The molecular formula is C31H35ClF4N10O2. The molecule has 256 valence electrons. The van der Waals surface area contributed by atoms with E-state index in [1.54, 1.807) is 11.9 Å². The van der Waals surface area contributed by atoms with E-state index in [4.69, 9.17) is 27.1 Å². The molecule has 48 heavy (non-hydrogen) atoms. The van der Waals surface area contributed by atoms with Gasteiger partial charge in [-0.1, -0.05) is 11.6 Å².